The van der Waals surface area contributed by atoms with Crippen LogP contribution in [-0.2, 0) is 26.6 Å². The van der Waals surface area contributed by atoms with Crippen molar-refractivity contribution in [1.29, 1.82) is 0 Å². The first kappa shape index (κ1) is 16.3. The number of nitrogens with zero attached hydrogens (tertiary/aromatic N) is 2. The molecule has 0 saturated carbocycles. The van der Waals surface area contributed by atoms with Crippen molar-refractivity contribution < 1.29 is 23.2 Å². The van der Waals surface area contributed by atoms with Crippen molar-refractivity contribution in [3.8, 4) is 11.3 Å². The third-order valence-corrected chi connectivity index (χ3v) is 6.84. The standard InChI is InChI=1S/C17H17N2O5P/c1-18-15(20)12-13(16(18)21)17(25(22,23-2)24-3)19-9-8-10-6-4-5-7-11(10)14(12)19/h4-7H,8-9H2,1-3H3. The lowest BCUT2D eigenvalue weighted by atomic mass is 9.96. The van der Waals surface area contributed by atoms with E-state index < -0.39 is 19.4 Å². The van der Waals surface area contributed by atoms with Gasteiger partial charge >= 0.3 is 7.60 Å². The number of aryl methyl sites for hydroxylation is 1. The zero-order valence-electron chi connectivity index (χ0n) is 14.1. The second-order valence-electron chi connectivity index (χ2n) is 6.01. The van der Waals surface area contributed by atoms with Gasteiger partial charge in [-0.3, -0.25) is 19.1 Å². The van der Waals surface area contributed by atoms with Crippen molar-refractivity contribution in [1.82, 2.24) is 9.47 Å². The summed E-state index contributed by atoms with van der Waals surface area (Å²) in [4.78, 5) is 26.5. The number of carbonyl (C=O) groups excluding carboxylic acids is 2. The van der Waals surface area contributed by atoms with Crippen molar-refractivity contribution in [2.75, 3.05) is 21.3 Å². The number of benzene rings is 1. The lowest BCUT2D eigenvalue weighted by molar-refractivity contribution is 0.0692. The maximum Gasteiger partial charge on any atom is 0.377 e. The number of amides is 2. The second-order valence-corrected chi connectivity index (χ2v) is 8.16. The predicted molar refractivity (Wildman–Crippen MR) is 91.3 cm³/mol. The fourth-order valence-corrected chi connectivity index (χ4v) is 5.15. The highest BCUT2D eigenvalue weighted by Crippen LogP contribution is 2.51. The molecule has 2 aromatic rings. The van der Waals surface area contributed by atoms with Crippen molar-refractivity contribution in [2.45, 2.75) is 13.0 Å². The van der Waals surface area contributed by atoms with Crippen LogP contribution in [0.4, 0.5) is 0 Å². The molecule has 0 aliphatic carbocycles. The van der Waals surface area contributed by atoms with Crippen LogP contribution in [0.1, 0.15) is 26.3 Å². The van der Waals surface area contributed by atoms with E-state index in [2.05, 4.69) is 0 Å². The Morgan fingerprint density at radius 1 is 1.04 bits per heavy atom. The van der Waals surface area contributed by atoms with Gasteiger partial charge in [0.05, 0.1) is 16.8 Å². The van der Waals surface area contributed by atoms with Crippen LogP contribution in [-0.4, -0.2) is 42.5 Å². The van der Waals surface area contributed by atoms with Gasteiger partial charge in [-0.15, -0.1) is 0 Å². The number of fused-ring (bicyclic) bond motifs is 5. The van der Waals surface area contributed by atoms with Gasteiger partial charge < -0.3 is 13.6 Å². The van der Waals surface area contributed by atoms with Gasteiger partial charge in [0.15, 0.2) is 0 Å². The van der Waals surface area contributed by atoms with E-state index in [1.807, 2.05) is 24.3 Å². The van der Waals surface area contributed by atoms with E-state index in [9.17, 15) is 14.2 Å². The summed E-state index contributed by atoms with van der Waals surface area (Å²) < 4.78 is 25.2. The Bertz CT molecular complexity index is 970. The van der Waals surface area contributed by atoms with Crippen molar-refractivity contribution >= 4 is 24.8 Å². The molecule has 2 aliphatic rings. The van der Waals surface area contributed by atoms with Crippen LogP contribution >= 0.6 is 7.60 Å². The van der Waals surface area contributed by atoms with Gasteiger partial charge in [-0.2, -0.15) is 0 Å². The number of carbonyl (C=O) groups is 2. The number of aromatic nitrogens is 1. The van der Waals surface area contributed by atoms with E-state index in [-0.39, 0.29) is 16.6 Å². The fourth-order valence-electron chi connectivity index (χ4n) is 3.68. The van der Waals surface area contributed by atoms with E-state index in [1.54, 1.807) is 4.57 Å². The Hall–Kier alpha value is -2.21. The zero-order valence-corrected chi connectivity index (χ0v) is 15.0. The maximum atomic E-state index is 13.2. The highest BCUT2D eigenvalue weighted by Gasteiger charge is 2.48. The Morgan fingerprint density at radius 2 is 1.68 bits per heavy atom. The molecule has 0 bridgehead atoms. The summed E-state index contributed by atoms with van der Waals surface area (Å²) in [5.41, 5.74) is 3.14. The number of hydrogen-bond donors (Lipinski definition) is 0. The molecule has 0 N–H and O–H groups in total. The molecule has 25 heavy (non-hydrogen) atoms. The summed E-state index contributed by atoms with van der Waals surface area (Å²) >= 11 is 0. The fraction of sp³-hybridized carbons (Fsp3) is 0.294. The topological polar surface area (TPSA) is 77.8 Å². The first-order valence-electron chi connectivity index (χ1n) is 7.83. The van der Waals surface area contributed by atoms with Crippen molar-refractivity contribution in [3.63, 3.8) is 0 Å². The molecule has 0 fully saturated rings. The monoisotopic (exact) mass is 360 g/mol. The van der Waals surface area contributed by atoms with Crippen molar-refractivity contribution in [3.05, 3.63) is 41.0 Å². The van der Waals surface area contributed by atoms with E-state index in [1.165, 1.54) is 21.3 Å². The van der Waals surface area contributed by atoms with E-state index >= 15 is 0 Å². The van der Waals surface area contributed by atoms with Gasteiger partial charge in [-0.1, -0.05) is 24.3 Å². The maximum absolute atomic E-state index is 13.2. The third-order valence-electron chi connectivity index (χ3n) is 4.89. The molecule has 2 aliphatic heterocycles. The Kier molecular flexibility index (Phi) is 3.51. The normalized spacial score (nSPS) is 16.0. The molecule has 0 atom stereocenters. The minimum atomic E-state index is -3.73. The van der Waals surface area contributed by atoms with Gasteiger partial charge in [0.25, 0.3) is 11.8 Å². The van der Waals surface area contributed by atoms with Crippen LogP contribution in [0.25, 0.3) is 11.3 Å². The summed E-state index contributed by atoms with van der Waals surface area (Å²) in [5.74, 6) is -0.880. The molecule has 3 heterocycles. The largest absolute Gasteiger partial charge is 0.377 e. The van der Waals surface area contributed by atoms with Gasteiger partial charge in [0.1, 0.15) is 5.44 Å². The van der Waals surface area contributed by atoms with E-state index in [0.29, 0.717) is 18.7 Å². The van der Waals surface area contributed by atoms with Gasteiger partial charge in [-0.25, -0.2) is 0 Å². The van der Waals surface area contributed by atoms with Gasteiger partial charge in [0, 0.05) is 33.4 Å². The summed E-state index contributed by atoms with van der Waals surface area (Å²) in [6, 6.07) is 7.72. The molecule has 7 nitrogen and oxygen atoms in total. The van der Waals surface area contributed by atoms with Gasteiger partial charge in [-0.05, 0) is 12.0 Å². The lowest BCUT2D eigenvalue weighted by Gasteiger charge is -2.25. The molecule has 0 saturated heterocycles. The highest BCUT2D eigenvalue weighted by molar-refractivity contribution is 7.62. The first-order chi connectivity index (χ1) is 11.9. The third kappa shape index (κ3) is 1.97. The molecule has 0 unspecified atom stereocenters. The van der Waals surface area contributed by atoms with E-state index in [0.717, 1.165) is 16.0 Å². The molecule has 1 aromatic heterocycles. The lowest BCUT2D eigenvalue weighted by Crippen LogP contribution is -2.32. The number of rotatable bonds is 3. The number of imide groups is 1. The molecular weight excluding hydrogens is 343 g/mol. The molecule has 2 amide bonds. The molecule has 1 aromatic carbocycles. The van der Waals surface area contributed by atoms with Crippen LogP contribution in [0, 0.1) is 0 Å². The SMILES string of the molecule is COP(=O)(OC)c1c2c(c3n1CCc1ccccc1-3)C(=O)N(C)C2=O. The summed E-state index contributed by atoms with van der Waals surface area (Å²) in [6.07, 6.45) is 0.704. The van der Waals surface area contributed by atoms with Crippen LogP contribution in [0.3, 0.4) is 0 Å². The molecule has 0 radical (unpaired) electrons. The minimum absolute atomic E-state index is 0.131. The molecule has 8 heteroatoms. The van der Waals surface area contributed by atoms with Crippen LogP contribution < -0.4 is 5.44 Å². The average molecular weight is 360 g/mol. The molecule has 4 rings (SSSR count). The molecule has 0 spiro atoms. The summed E-state index contributed by atoms with van der Waals surface area (Å²) in [5, 5.41) is 0. The highest BCUT2D eigenvalue weighted by atomic mass is 31.2. The summed E-state index contributed by atoms with van der Waals surface area (Å²) in [6.45, 7) is 0.496. The minimum Gasteiger partial charge on any atom is -0.333 e. The first-order valence-corrected chi connectivity index (χ1v) is 9.38. The van der Waals surface area contributed by atoms with Crippen LogP contribution in [0.2, 0.25) is 0 Å². The summed E-state index contributed by atoms with van der Waals surface area (Å²) in [7, 11) is 0.247. The van der Waals surface area contributed by atoms with Crippen LogP contribution in [0.15, 0.2) is 24.3 Å². The Morgan fingerprint density at radius 3 is 2.36 bits per heavy atom. The predicted octanol–water partition coefficient (Wildman–Crippen LogP) is 2.05. The zero-order chi connectivity index (χ0) is 17.9. The number of hydrogen-bond acceptors (Lipinski definition) is 5. The smallest absolute Gasteiger partial charge is 0.333 e. The Balaban J connectivity index is 2.14. The van der Waals surface area contributed by atoms with Crippen molar-refractivity contribution in [2.24, 2.45) is 0 Å². The second kappa shape index (κ2) is 5.39. The van der Waals surface area contributed by atoms with Crippen LogP contribution in [0.5, 0.6) is 0 Å². The molecular formula is C17H17N2O5P. The van der Waals surface area contributed by atoms with Gasteiger partial charge in [0.2, 0.25) is 0 Å². The quantitative estimate of drug-likeness (QED) is 0.618. The average Bonchev–Trinajstić information content (AvgIpc) is 3.10. The Labute approximate surface area is 144 Å². The van der Waals surface area contributed by atoms with E-state index in [4.69, 9.17) is 9.05 Å². The molecule has 130 valence electrons.